The Morgan fingerprint density at radius 3 is 2.95 bits per heavy atom. The number of piperidine rings is 1. The Labute approximate surface area is 122 Å². The van der Waals surface area contributed by atoms with E-state index in [0.29, 0.717) is 18.5 Å². The molecule has 0 aliphatic carbocycles. The summed E-state index contributed by atoms with van der Waals surface area (Å²) in [4.78, 5) is 12.9. The average molecular weight is 291 g/mol. The largest absolute Gasteiger partial charge is 0.388 e. The van der Waals surface area contributed by atoms with Crippen molar-refractivity contribution in [3.63, 3.8) is 0 Å². The molecule has 0 spiro atoms. The van der Waals surface area contributed by atoms with Crippen LogP contribution in [-0.4, -0.2) is 34.6 Å². The maximum atomic E-state index is 13.9. The highest BCUT2D eigenvalue weighted by Crippen LogP contribution is 2.26. The van der Waals surface area contributed by atoms with E-state index in [-0.39, 0.29) is 18.5 Å². The number of β-amino-alcohol motifs (C(OH)–C–C–N with tert-alkyl or cyclic N) is 1. The van der Waals surface area contributed by atoms with Crippen LogP contribution in [0.5, 0.6) is 0 Å². The molecule has 1 aliphatic rings. The second-order valence-electron chi connectivity index (χ2n) is 5.60. The minimum absolute atomic E-state index is 0.0840. The van der Waals surface area contributed by atoms with Crippen LogP contribution >= 0.6 is 0 Å². The van der Waals surface area contributed by atoms with Gasteiger partial charge in [-0.2, -0.15) is 5.26 Å². The Balaban J connectivity index is 2.06. The zero-order chi connectivity index (χ0) is 15.5. The van der Waals surface area contributed by atoms with Gasteiger partial charge in [0.05, 0.1) is 23.7 Å². The minimum atomic E-state index is -1.13. The number of amides is 1. The number of aliphatic hydroxyl groups is 1. The van der Waals surface area contributed by atoms with Gasteiger partial charge < -0.3 is 10.8 Å². The van der Waals surface area contributed by atoms with E-state index in [0.717, 1.165) is 13.0 Å². The monoisotopic (exact) mass is 291 g/mol. The van der Waals surface area contributed by atoms with Crippen molar-refractivity contribution >= 4 is 5.91 Å². The van der Waals surface area contributed by atoms with Crippen molar-refractivity contribution in [2.45, 2.75) is 31.4 Å². The number of nitriles is 1. The van der Waals surface area contributed by atoms with Crippen molar-refractivity contribution in [3.05, 3.63) is 35.1 Å². The highest BCUT2D eigenvalue weighted by atomic mass is 19.1. The van der Waals surface area contributed by atoms with Crippen molar-refractivity contribution in [3.8, 4) is 6.07 Å². The first-order valence-corrected chi connectivity index (χ1v) is 6.83. The molecular weight excluding hydrogens is 273 g/mol. The van der Waals surface area contributed by atoms with Gasteiger partial charge in [-0.05, 0) is 31.5 Å². The Hall–Kier alpha value is -1.97. The third-order valence-electron chi connectivity index (χ3n) is 3.71. The first kappa shape index (κ1) is 15.4. The molecule has 1 aromatic carbocycles. The standard InChI is InChI=1S/C15H18FN3O2/c16-13-6-11(8-17)2-3-12(13)9-19-5-1-4-15(21,10-19)7-14(18)20/h2-3,6,21H,1,4-5,7,9-10H2,(H2,18,20). The highest BCUT2D eigenvalue weighted by molar-refractivity contribution is 5.75. The molecule has 1 saturated heterocycles. The number of nitrogens with two attached hydrogens (primary N) is 1. The van der Waals surface area contributed by atoms with Crippen LogP contribution in [-0.2, 0) is 11.3 Å². The third kappa shape index (κ3) is 4.00. The Morgan fingerprint density at radius 2 is 2.33 bits per heavy atom. The van der Waals surface area contributed by atoms with Crippen LogP contribution in [0.2, 0.25) is 0 Å². The fourth-order valence-electron chi connectivity index (χ4n) is 2.80. The van der Waals surface area contributed by atoms with Gasteiger partial charge in [-0.1, -0.05) is 6.07 Å². The molecule has 1 aliphatic heterocycles. The van der Waals surface area contributed by atoms with Crippen molar-refractivity contribution in [1.82, 2.24) is 4.90 Å². The number of hydrogen-bond acceptors (Lipinski definition) is 4. The van der Waals surface area contributed by atoms with E-state index in [9.17, 15) is 14.3 Å². The van der Waals surface area contributed by atoms with Gasteiger partial charge in [-0.15, -0.1) is 0 Å². The molecule has 0 saturated carbocycles. The van der Waals surface area contributed by atoms with Gasteiger partial charge in [0.15, 0.2) is 0 Å². The number of halogens is 1. The molecule has 0 aromatic heterocycles. The van der Waals surface area contributed by atoms with E-state index >= 15 is 0 Å². The van der Waals surface area contributed by atoms with Crippen molar-refractivity contribution in [2.24, 2.45) is 5.73 Å². The molecule has 3 N–H and O–H groups in total. The van der Waals surface area contributed by atoms with Crippen LogP contribution < -0.4 is 5.73 Å². The van der Waals surface area contributed by atoms with Gasteiger partial charge in [-0.3, -0.25) is 9.69 Å². The molecule has 1 atom stereocenters. The number of nitrogens with zero attached hydrogens (tertiary/aromatic N) is 2. The Morgan fingerprint density at radius 1 is 1.57 bits per heavy atom. The quantitative estimate of drug-likeness (QED) is 0.862. The molecular formula is C15H18FN3O2. The predicted molar refractivity (Wildman–Crippen MR) is 74.4 cm³/mol. The maximum absolute atomic E-state index is 13.9. The molecule has 5 nitrogen and oxygen atoms in total. The topological polar surface area (TPSA) is 90.3 Å². The molecule has 0 bridgehead atoms. The number of carbonyl (C=O) groups excluding carboxylic acids is 1. The lowest BCUT2D eigenvalue weighted by Crippen LogP contribution is -2.49. The van der Waals surface area contributed by atoms with E-state index in [1.165, 1.54) is 6.07 Å². The SMILES string of the molecule is N#Cc1ccc(CN2CCCC(O)(CC(N)=O)C2)c(F)c1. The molecule has 0 radical (unpaired) electrons. The summed E-state index contributed by atoms with van der Waals surface area (Å²) in [5.41, 5.74) is 4.77. The number of primary amides is 1. The Kier molecular flexibility index (Phi) is 4.56. The number of likely N-dealkylation sites (tertiary alicyclic amines) is 1. The summed E-state index contributed by atoms with van der Waals surface area (Å²) in [5.74, 6) is -0.970. The average Bonchev–Trinajstić information content (AvgIpc) is 2.39. The summed E-state index contributed by atoms with van der Waals surface area (Å²) in [6.45, 7) is 1.34. The summed E-state index contributed by atoms with van der Waals surface area (Å²) in [5, 5.41) is 19.1. The van der Waals surface area contributed by atoms with E-state index in [1.807, 2.05) is 11.0 Å². The predicted octanol–water partition coefficient (Wildman–Crippen LogP) is 0.900. The lowest BCUT2D eigenvalue weighted by atomic mass is 9.89. The summed E-state index contributed by atoms with van der Waals surface area (Å²) in [6, 6.07) is 6.24. The highest BCUT2D eigenvalue weighted by Gasteiger charge is 2.34. The maximum Gasteiger partial charge on any atom is 0.220 e. The van der Waals surface area contributed by atoms with Gasteiger partial charge in [0, 0.05) is 18.7 Å². The van der Waals surface area contributed by atoms with E-state index < -0.39 is 17.3 Å². The van der Waals surface area contributed by atoms with Gasteiger partial charge in [0.25, 0.3) is 0 Å². The van der Waals surface area contributed by atoms with E-state index in [2.05, 4.69) is 0 Å². The van der Waals surface area contributed by atoms with Crippen LogP contribution in [0.1, 0.15) is 30.4 Å². The van der Waals surface area contributed by atoms with Crippen molar-refractivity contribution in [1.29, 1.82) is 5.26 Å². The molecule has 1 aromatic rings. The molecule has 1 amide bonds. The van der Waals surface area contributed by atoms with Gasteiger partial charge in [-0.25, -0.2) is 4.39 Å². The number of benzene rings is 1. The van der Waals surface area contributed by atoms with Crippen LogP contribution in [0.3, 0.4) is 0 Å². The second kappa shape index (κ2) is 6.20. The smallest absolute Gasteiger partial charge is 0.220 e. The molecule has 6 heteroatoms. The first-order chi connectivity index (χ1) is 9.92. The van der Waals surface area contributed by atoms with E-state index in [1.54, 1.807) is 12.1 Å². The van der Waals surface area contributed by atoms with Gasteiger partial charge in [0.2, 0.25) is 5.91 Å². The first-order valence-electron chi connectivity index (χ1n) is 6.83. The molecule has 1 heterocycles. The van der Waals surface area contributed by atoms with E-state index in [4.69, 9.17) is 11.0 Å². The summed E-state index contributed by atoms with van der Waals surface area (Å²) < 4.78 is 13.9. The zero-order valence-corrected chi connectivity index (χ0v) is 11.7. The number of carbonyl (C=O) groups is 1. The number of hydrogen-bond donors (Lipinski definition) is 2. The van der Waals surface area contributed by atoms with Crippen molar-refractivity contribution in [2.75, 3.05) is 13.1 Å². The summed E-state index contributed by atoms with van der Waals surface area (Å²) >= 11 is 0. The second-order valence-corrected chi connectivity index (χ2v) is 5.60. The lowest BCUT2D eigenvalue weighted by Gasteiger charge is -2.38. The van der Waals surface area contributed by atoms with Crippen molar-refractivity contribution < 1.29 is 14.3 Å². The van der Waals surface area contributed by atoms with Crippen LogP contribution in [0.15, 0.2) is 18.2 Å². The normalized spacial score (nSPS) is 22.7. The van der Waals surface area contributed by atoms with Crippen LogP contribution in [0.4, 0.5) is 4.39 Å². The Bertz CT molecular complexity index is 585. The minimum Gasteiger partial charge on any atom is -0.388 e. The van der Waals surface area contributed by atoms with Gasteiger partial charge >= 0.3 is 0 Å². The molecule has 112 valence electrons. The fourth-order valence-corrected chi connectivity index (χ4v) is 2.80. The van der Waals surface area contributed by atoms with Gasteiger partial charge in [0.1, 0.15) is 5.82 Å². The number of rotatable bonds is 4. The zero-order valence-electron chi connectivity index (χ0n) is 11.7. The molecule has 21 heavy (non-hydrogen) atoms. The van der Waals surface area contributed by atoms with Crippen LogP contribution in [0.25, 0.3) is 0 Å². The third-order valence-corrected chi connectivity index (χ3v) is 3.71. The van der Waals surface area contributed by atoms with Crippen LogP contribution in [0, 0.1) is 17.1 Å². The molecule has 1 unspecified atom stereocenters. The molecule has 1 fully saturated rings. The molecule has 2 rings (SSSR count). The summed E-state index contributed by atoms with van der Waals surface area (Å²) in [7, 11) is 0. The fraction of sp³-hybridized carbons (Fsp3) is 0.467. The lowest BCUT2D eigenvalue weighted by molar-refractivity contribution is -0.125. The summed E-state index contributed by atoms with van der Waals surface area (Å²) in [6.07, 6.45) is 1.16.